The van der Waals surface area contributed by atoms with Crippen LogP contribution in [0.1, 0.15) is 15.9 Å². The third kappa shape index (κ3) is 3.99. The molecule has 5 heteroatoms. The average Bonchev–Trinajstić information content (AvgIpc) is 2.50. The van der Waals surface area contributed by atoms with Gasteiger partial charge in [0.25, 0.3) is 5.91 Å². The van der Waals surface area contributed by atoms with E-state index in [9.17, 15) is 4.79 Å². The molecule has 0 atom stereocenters. The Hall–Kier alpha value is -1.52. The maximum Gasteiger partial charge on any atom is 0.253 e. The van der Waals surface area contributed by atoms with Crippen molar-refractivity contribution in [2.45, 2.75) is 6.54 Å². The summed E-state index contributed by atoms with van der Waals surface area (Å²) in [5.41, 5.74) is 1.61. The fourth-order valence-electron chi connectivity index (χ4n) is 1.93. The molecule has 0 unspecified atom stereocenters. The summed E-state index contributed by atoms with van der Waals surface area (Å²) < 4.78 is 5.89. The van der Waals surface area contributed by atoms with Crippen LogP contribution >= 0.6 is 27.5 Å². The smallest absolute Gasteiger partial charge is 0.253 e. The molecule has 0 heterocycles. The van der Waals surface area contributed by atoms with E-state index in [1.807, 2.05) is 24.3 Å². The van der Waals surface area contributed by atoms with Gasteiger partial charge < -0.3 is 9.64 Å². The first kappa shape index (κ1) is 15.9. The molecule has 110 valence electrons. The lowest BCUT2D eigenvalue weighted by Crippen LogP contribution is -2.26. The first-order valence-corrected chi connectivity index (χ1v) is 7.52. The fourth-order valence-corrected chi connectivity index (χ4v) is 2.35. The van der Waals surface area contributed by atoms with Gasteiger partial charge in [-0.2, -0.15) is 0 Å². The number of benzene rings is 2. The number of carbonyl (C=O) groups is 1. The average molecular weight is 369 g/mol. The van der Waals surface area contributed by atoms with Gasteiger partial charge in [0.2, 0.25) is 0 Å². The summed E-state index contributed by atoms with van der Waals surface area (Å²) in [7, 11) is 3.39. The largest absolute Gasteiger partial charge is 0.497 e. The molecule has 0 aliphatic rings. The Balaban J connectivity index is 2.09. The highest BCUT2D eigenvalue weighted by Gasteiger charge is 2.13. The normalized spacial score (nSPS) is 10.3. The minimum atomic E-state index is -0.0692. The predicted molar refractivity (Wildman–Crippen MR) is 87.9 cm³/mol. The Morgan fingerprint density at radius 2 is 1.90 bits per heavy atom. The second-order valence-electron chi connectivity index (χ2n) is 4.64. The molecule has 0 aliphatic heterocycles. The number of methoxy groups -OCH3 is 1. The Labute approximate surface area is 137 Å². The predicted octanol–water partition coefficient (Wildman–Crippen LogP) is 4.38. The number of hydrogen-bond acceptors (Lipinski definition) is 2. The van der Waals surface area contributed by atoms with E-state index in [1.165, 1.54) is 0 Å². The number of rotatable bonds is 4. The van der Waals surface area contributed by atoms with Gasteiger partial charge in [0, 0.05) is 23.6 Å². The van der Waals surface area contributed by atoms with Gasteiger partial charge in [0.15, 0.2) is 0 Å². The van der Waals surface area contributed by atoms with Crippen LogP contribution in [0.4, 0.5) is 0 Å². The van der Waals surface area contributed by atoms with E-state index in [2.05, 4.69) is 15.9 Å². The van der Waals surface area contributed by atoms with Crippen molar-refractivity contribution in [2.75, 3.05) is 14.2 Å². The third-order valence-electron chi connectivity index (χ3n) is 3.09. The molecule has 1 amide bonds. The first-order valence-electron chi connectivity index (χ1n) is 6.34. The zero-order valence-corrected chi connectivity index (χ0v) is 14.1. The van der Waals surface area contributed by atoms with Gasteiger partial charge in [0.1, 0.15) is 5.75 Å². The maximum absolute atomic E-state index is 12.4. The quantitative estimate of drug-likeness (QED) is 0.801. The Morgan fingerprint density at radius 1 is 1.24 bits per heavy atom. The molecular weight excluding hydrogens is 354 g/mol. The van der Waals surface area contributed by atoms with E-state index in [-0.39, 0.29) is 5.91 Å². The highest BCUT2D eigenvalue weighted by Crippen LogP contribution is 2.24. The molecular formula is C16H15BrClNO2. The molecule has 0 aromatic heterocycles. The van der Waals surface area contributed by atoms with Crippen LogP contribution in [0.15, 0.2) is 46.9 Å². The Kier molecular flexibility index (Phi) is 5.26. The summed E-state index contributed by atoms with van der Waals surface area (Å²) in [5.74, 6) is 0.729. The van der Waals surface area contributed by atoms with Crippen molar-refractivity contribution in [3.05, 3.63) is 63.1 Å². The highest BCUT2D eigenvalue weighted by molar-refractivity contribution is 9.10. The van der Waals surface area contributed by atoms with E-state index in [4.69, 9.17) is 16.3 Å². The van der Waals surface area contributed by atoms with Crippen molar-refractivity contribution in [3.63, 3.8) is 0 Å². The van der Waals surface area contributed by atoms with Crippen LogP contribution in [0.3, 0.4) is 0 Å². The number of nitrogens with zero attached hydrogens (tertiary/aromatic N) is 1. The zero-order valence-electron chi connectivity index (χ0n) is 11.8. The summed E-state index contributed by atoms with van der Waals surface area (Å²) in [5, 5.41) is 0.527. The number of hydrogen-bond donors (Lipinski definition) is 0. The van der Waals surface area contributed by atoms with Gasteiger partial charge in [-0.25, -0.2) is 0 Å². The first-order chi connectivity index (χ1) is 10.0. The van der Waals surface area contributed by atoms with Crippen molar-refractivity contribution < 1.29 is 9.53 Å². The summed E-state index contributed by atoms with van der Waals surface area (Å²) >= 11 is 9.34. The lowest BCUT2D eigenvalue weighted by atomic mass is 10.1. The second-order valence-corrected chi connectivity index (χ2v) is 5.90. The molecule has 3 nitrogen and oxygen atoms in total. The minimum Gasteiger partial charge on any atom is -0.497 e. The van der Waals surface area contributed by atoms with E-state index in [1.54, 1.807) is 37.3 Å². The van der Waals surface area contributed by atoms with Crippen molar-refractivity contribution >= 4 is 33.4 Å². The lowest BCUT2D eigenvalue weighted by molar-refractivity contribution is 0.0785. The molecule has 0 saturated carbocycles. The second kappa shape index (κ2) is 6.96. The molecule has 0 bridgehead atoms. The van der Waals surface area contributed by atoms with E-state index in [0.29, 0.717) is 17.1 Å². The monoisotopic (exact) mass is 367 g/mol. The third-order valence-corrected chi connectivity index (χ3v) is 4.32. The Morgan fingerprint density at radius 3 is 2.48 bits per heavy atom. The van der Waals surface area contributed by atoms with Crippen molar-refractivity contribution in [2.24, 2.45) is 0 Å². The van der Waals surface area contributed by atoms with Gasteiger partial charge in [-0.1, -0.05) is 23.7 Å². The molecule has 2 aromatic rings. The summed E-state index contributed by atoms with van der Waals surface area (Å²) in [4.78, 5) is 14.0. The van der Waals surface area contributed by atoms with Crippen LogP contribution in [0.2, 0.25) is 5.02 Å². The fraction of sp³-hybridized carbons (Fsp3) is 0.188. The molecule has 0 N–H and O–H groups in total. The van der Waals surface area contributed by atoms with E-state index >= 15 is 0 Å². The van der Waals surface area contributed by atoms with Crippen molar-refractivity contribution in [1.82, 2.24) is 4.90 Å². The van der Waals surface area contributed by atoms with Crippen LogP contribution in [0, 0.1) is 0 Å². The summed E-state index contributed by atoms with van der Waals surface area (Å²) in [6.07, 6.45) is 0. The van der Waals surface area contributed by atoms with Crippen LogP contribution < -0.4 is 4.74 Å². The number of ether oxygens (including phenoxy) is 1. The van der Waals surface area contributed by atoms with Gasteiger partial charge in [-0.3, -0.25) is 4.79 Å². The molecule has 2 aromatic carbocycles. The number of carbonyl (C=O) groups excluding carboxylic acids is 1. The highest BCUT2D eigenvalue weighted by atomic mass is 79.9. The number of halogens is 2. The van der Waals surface area contributed by atoms with Gasteiger partial charge in [-0.05, 0) is 51.8 Å². The van der Waals surface area contributed by atoms with E-state index < -0.39 is 0 Å². The summed E-state index contributed by atoms with van der Waals surface area (Å²) in [6, 6.07) is 12.8. The number of amides is 1. The molecule has 21 heavy (non-hydrogen) atoms. The minimum absolute atomic E-state index is 0.0692. The van der Waals surface area contributed by atoms with E-state index in [0.717, 1.165) is 15.8 Å². The Bertz CT molecular complexity index is 643. The van der Waals surface area contributed by atoms with Crippen LogP contribution in [0.25, 0.3) is 0 Å². The molecule has 0 aliphatic carbocycles. The maximum atomic E-state index is 12.4. The van der Waals surface area contributed by atoms with Gasteiger partial charge >= 0.3 is 0 Å². The molecule has 0 saturated heterocycles. The molecule has 0 radical (unpaired) electrons. The van der Waals surface area contributed by atoms with Gasteiger partial charge in [0.05, 0.1) is 12.1 Å². The van der Waals surface area contributed by atoms with Crippen molar-refractivity contribution in [1.29, 1.82) is 0 Å². The molecule has 0 spiro atoms. The molecule has 0 fully saturated rings. The van der Waals surface area contributed by atoms with Crippen molar-refractivity contribution in [3.8, 4) is 5.75 Å². The molecule has 2 rings (SSSR count). The SMILES string of the molecule is COc1ccc(CN(C)C(=O)c2ccc(Br)c(Cl)c2)cc1. The summed E-state index contributed by atoms with van der Waals surface area (Å²) in [6.45, 7) is 0.524. The van der Waals surface area contributed by atoms with Crippen LogP contribution in [-0.4, -0.2) is 25.0 Å². The van der Waals surface area contributed by atoms with Crippen LogP contribution in [-0.2, 0) is 6.54 Å². The topological polar surface area (TPSA) is 29.5 Å². The lowest BCUT2D eigenvalue weighted by Gasteiger charge is -2.18. The standard InChI is InChI=1S/C16H15BrClNO2/c1-19(10-11-3-6-13(21-2)7-4-11)16(20)12-5-8-14(17)15(18)9-12/h3-9H,10H2,1-2H3. The van der Waals surface area contributed by atoms with Gasteiger partial charge in [-0.15, -0.1) is 0 Å². The zero-order chi connectivity index (χ0) is 15.4. The van der Waals surface area contributed by atoms with Crippen LogP contribution in [0.5, 0.6) is 5.75 Å².